The standard InChI is InChI=1S/C14H21N3O4S/c1-11-4-5-13(18)12(10-11)14(19)16-6-8-17(9-7-16)22(20,21)15(2)3/h4-5,10,18H,6-9H2,1-3H3. The largest absolute Gasteiger partial charge is 0.507 e. The van der Waals surface area contributed by atoms with E-state index in [2.05, 4.69) is 0 Å². The number of nitrogens with zero attached hydrogens (tertiary/aromatic N) is 3. The minimum absolute atomic E-state index is 0.0565. The molecule has 1 N–H and O–H groups in total. The molecule has 1 aromatic rings. The van der Waals surface area contributed by atoms with Gasteiger partial charge in [0.25, 0.3) is 16.1 Å². The molecule has 2 rings (SSSR count). The zero-order valence-corrected chi connectivity index (χ0v) is 13.8. The van der Waals surface area contributed by atoms with Crippen molar-refractivity contribution >= 4 is 16.1 Å². The molecule has 7 nitrogen and oxygen atoms in total. The van der Waals surface area contributed by atoms with Gasteiger partial charge < -0.3 is 10.0 Å². The molecule has 8 heteroatoms. The first-order valence-corrected chi connectivity index (χ1v) is 8.39. The van der Waals surface area contributed by atoms with Crippen LogP contribution in [-0.2, 0) is 10.2 Å². The summed E-state index contributed by atoms with van der Waals surface area (Å²) in [4.78, 5) is 14.0. The van der Waals surface area contributed by atoms with Crippen LogP contribution < -0.4 is 0 Å². The van der Waals surface area contributed by atoms with E-state index in [1.165, 1.54) is 24.5 Å². The molecule has 1 heterocycles. The van der Waals surface area contributed by atoms with Crippen LogP contribution in [0.5, 0.6) is 5.75 Å². The number of hydrogen-bond donors (Lipinski definition) is 1. The Hall–Kier alpha value is -1.64. The van der Waals surface area contributed by atoms with E-state index >= 15 is 0 Å². The fourth-order valence-corrected chi connectivity index (χ4v) is 3.43. The van der Waals surface area contributed by atoms with E-state index in [0.29, 0.717) is 13.1 Å². The van der Waals surface area contributed by atoms with Gasteiger partial charge in [-0.2, -0.15) is 17.0 Å². The van der Waals surface area contributed by atoms with Crippen molar-refractivity contribution in [2.45, 2.75) is 6.92 Å². The molecular weight excluding hydrogens is 306 g/mol. The number of aryl methyl sites for hydroxylation is 1. The Morgan fingerprint density at radius 1 is 1.18 bits per heavy atom. The maximum Gasteiger partial charge on any atom is 0.281 e. The number of phenols is 1. The first-order valence-electron chi connectivity index (χ1n) is 7.00. The van der Waals surface area contributed by atoms with E-state index in [9.17, 15) is 18.3 Å². The summed E-state index contributed by atoms with van der Waals surface area (Å²) in [5, 5.41) is 9.83. The Kier molecular flexibility index (Phi) is 4.74. The number of aromatic hydroxyl groups is 1. The third-order valence-electron chi connectivity index (χ3n) is 3.70. The summed E-state index contributed by atoms with van der Waals surface area (Å²) in [7, 11) is -0.482. The molecule has 0 aliphatic carbocycles. The summed E-state index contributed by atoms with van der Waals surface area (Å²) in [5.41, 5.74) is 1.14. The summed E-state index contributed by atoms with van der Waals surface area (Å²) < 4.78 is 26.6. The molecule has 0 aromatic heterocycles. The van der Waals surface area contributed by atoms with Crippen molar-refractivity contribution in [3.63, 3.8) is 0 Å². The summed E-state index contributed by atoms with van der Waals surface area (Å²) in [6.07, 6.45) is 0. The van der Waals surface area contributed by atoms with E-state index in [-0.39, 0.29) is 30.3 Å². The van der Waals surface area contributed by atoms with Gasteiger partial charge in [0.15, 0.2) is 0 Å². The van der Waals surface area contributed by atoms with Gasteiger partial charge in [0.1, 0.15) is 5.75 Å². The van der Waals surface area contributed by atoms with Crippen LogP contribution in [0, 0.1) is 6.92 Å². The lowest BCUT2D eigenvalue weighted by Crippen LogP contribution is -2.53. The Morgan fingerprint density at radius 2 is 1.77 bits per heavy atom. The normalized spacial score (nSPS) is 17.0. The molecule has 1 saturated heterocycles. The zero-order valence-electron chi connectivity index (χ0n) is 13.0. The molecular formula is C14H21N3O4S. The third-order valence-corrected chi connectivity index (χ3v) is 5.64. The molecule has 0 unspecified atom stereocenters. The molecule has 1 amide bonds. The van der Waals surface area contributed by atoms with Gasteiger partial charge in [0.05, 0.1) is 5.56 Å². The van der Waals surface area contributed by atoms with Crippen molar-refractivity contribution < 1.29 is 18.3 Å². The summed E-state index contributed by atoms with van der Waals surface area (Å²) in [5.74, 6) is -0.331. The molecule has 122 valence electrons. The summed E-state index contributed by atoms with van der Waals surface area (Å²) in [6, 6.07) is 4.86. The van der Waals surface area contributed by atoms with Crippen LogP contribution in [0.25, 0.3) is 0 Å². The molecule has 0 atom stereocenters. The maximum absolute atomic E-state index is 12.5. The average Bonchev–Trinajstić information content (AvgIpc) is 2.49. The Balaban J connectivity index is 2.09. The first kappa shape index (κ1) is 16.7. The fourth-order valence-electron chi connectivity index (χ4n) is 2.34. The molecule has 1 aliphatic rings. The van der Waals surface area contributed by atoms with Gasteiger partial charge in [0.2, 0.25) is 0 Å². The quantitative estimate of drug-likeness (QED) is 0.864. The molecule has 0 spiro atoms. The number of amides is 1. The summed E-state index contributed by atoms with van der Waals surface area (Å²) in [6.45, 7) is 2.95. The molecule has 0 bridgehead atoms. The van der Waals surface area contributed by atoms with Crippen LogP contribution >= 0.6 is 0 Å². The minimum Gasteiger partial charge on any atom is -0.507 e. The first-order chi connectivity index (χ1) is 10.2. The topological polar surface area (TPSA) is 81.2 Å². The third kappa shape index (κ3) is 3.23. The molecule has 0 saturated carbocycles. The number of piperazine rings is 1. The van der Waals surface area contributed by atoms with Crippen molar-refractivity contribution in [2.24, 2.45) is 0 Å². The highest BCUT2D eigenvalue weighted by Crippen LogP contribution is 2.21. The number of benzene rings is 1. The van der Waals surface area contributed by atoms with E-state index in [0.717, 1.165) is 9.87 Å². The second-order valence-corrected chi connectivity index (χ2v) is 7.64. The van der Waals surface area contributed by atoms with Gasteiger partial charge in [-0.1, -0.05) is 11.6 Å². The average molecular weight is 327 g/mol. The fraction of sp³-hybridized carbons (Fsp3) is 0.500. The lowest BCUT2D eigenvalue weighted by molar-refractivity contribution is 0.0692. The van der Waals surface area contributed by atoms with Crippen molar-refractivity contribution in [1.29, 1.82) is 0 Å². The van der Waals surface area contributed by atoms with Crippen LogP contribution in [-0.4, -0.2) is 73.2 Å². The van der Waals surface area contributed by atoms with Gasteiger partial charge in [0, 0.05) is 40.3 Å². The van der Waals surface area contributed by atoms with E-state index in [1.54, 1.807) is 17.0 Å². The van der Waals surface area contributed by atoms with E-state index in [4.69, 9.17) is 0 Å². The maximum atomic E-state index is 12.5. The number of phenolic OH excluding ortho intramolecular Hbond substituents is 1. The van der Waals surface area contributed by atoms with Crippen LogP contribution in [0.2, 0.25) is 0 Å². The molecule has 0 radical (unpaired) electrons. The van der Waals surface area contributed by atoms with Crippen molar-refractivity contribution in [1.82, 2.24) is 13.5 Å². The van der Waals surface area contributed by atoms with Gasteiger partial charge in [-0.05, 0) is 19.1 Å². The zero-order chi connectivity index (χ0) is 16.5. The van der Waals surface area contributed by atoms with Gasteiger partial charge >= 0.3 is 0 Å². The SMILES string of the molecule is Cc1ccc(O)c(C(=O)N2CCN(S(=O)(=O)N(C)C)CC2)c1. The number of carbonyl (C=O) groups is 1. The van der Waals surface area contributed by atoms with E-state index < -0.39 is 10.2 Å². The van der Waals surface area contributed by atoms with Gasteiger partial charge in [-0.15, -0.1) is 0 Å². The van der Waals surface area contributed by atoms with Crippen molar-refractivity contribution in [3.05, 3.63) is 29.3 Å². The number of hydrogen-bond acceptors (Lipinski definition) is 4. The van der Waals surface area contributed by atoms with Crippen LogP contribution in [0.4, 0.5) is 0 Å². The minimum atomic E-state index is -3.45. The van der Waals surface area contributed by atoms with Gasteiger partial charge in [-0.25, -0.2) is 0 Å². The lowest BCUT2D eigenvalue weighted by Gasteiger charge is -2.35. The van der Waals surface area contributed by atoms with Gasteiger partial charge in [-0.3, -0.25) is 4.79 Å². The van der Waals surface area contributed by atoms with Crippen LogP contribution in [0.1, 0.15) is 15.9 Å². The second kappa shape index (κ2) is 6.23. The highest BCUT2D eigenvalue weighted by molar-refractivity contribution is 7.86. The monoisotopic (exact) mass is 327 g/mol. The van der Waals surface area contributed by atoms with Crippen LogP contribution in [0.3, 0.4) is 0 Å². The molecule has 1 aromatic carbocycles. The second-order valence-electron chi connectivity index (χ2n) is 5.50. The predicted octanol–water partition coefficient (Wildman–Crippen LogP) is 0.265. The van der Waals surface area contributed by atoms with Crippen molar-refractivity contribution in [2.75, 3.05) is 40.3 Å². The Morgan fingerprint density at radius 3 is 2.32 bits per heavy atom. The molecule has 1 aliphatic heterocycles. The lowest BCUT2D eigenvalue weighted by atomic mass is 10.1. The van der Waals surface area contributed by atoms with E-state index in [1.807, 2.05) is 6.92 Å². The molecule has 22 heavy (non-hydrogen) atoms. The Bertz CT molecular complexity index is 665. The van der Waals surface area contributed by atoms with Crippen LogP contribution in [0.15, 0.2) is 18.2 Å². The summed E-state index contributed by atoms with van der Waals surface area (Å²) >= 11 is 0. The molecule has 1 fully saturated rings. The van der Waals surface area contributed by atoms with Crippen molar-refractivity contribution in [3.8, 4) is 5.75 Å². The smallest absolute Gasteiger partial charge is 0.281 e. The number of rotatable bonds is 3. The number of carbonyl (C=O) groups excluding carboxylic acids is 1. The highest BCUT2D eigenvalue weighted by Gasteiger charge is 2.31. The highest BCUT2D eigenvalue weighted by atomic mass is 32.2. The Labute approximate surface area is 130 Å². The predicted molar refractivity (Wildman–Crippen MR) is 82.9 cm³/mol.